The van der Waals surface area contributed by atoms with Crippen LogP contribution in [0.25, 0.3) is 0 Å². The van der Waals surface area contributed by atoms with Crippen molar-refractivity contribution in [2.24, 2.45) is 5.92 Å². The Morgan fingerprint density at radius 1 is 0.839 bits per heavy atom. The van der Waals surface area contributed by atoms with E-state index in [1.54, 1.807) is 17.0 Å². The SMILES string of the molecule is CCC[C@H](NC(=O)[C@@H]1CCC2CCCC[C@H](NC(=O)[C@@H](CC(=O)CCc3ccccc3)Cc3ccc(OP(=O)(O)O)cc3)C(=O)N21)C(=O)NCc1ccccc1. The first-order valence-corrected chi connectivity index (χ1v) is 21.1. The van der Waals surface area contributed by atoms with Gasteiger partial charge < -0.3 is 25.4 Å². The van der Waals surface area contributed by atoms with Crippen LogP contribution in [0.4, 0.5) is 0 Å². The van der Waals surface area contributed by atoms with E-state index in [9.17, 15) is 38.3 Å². The van der Waals surface area contributed by atoms with Crippen LogP contribution in [-0.4, -0.2) is 68.3 Å². The molecule has 0 spiro atoms. The van der Waals surface area contributed by atoms with Crippen LogP contribution in [-0.2, 0) is 47.9 Å². The number of Topliss-reactive ketones (excluding diaryl/α,β-unsaturated/α-hetero) is 1. The van der Waals surface area contributed by atoms with Crippen molar-refractivity contribution >= 4 is 37.2 Å². The summed E-state index contributed by atoms with van der Waals surface area (Å²) >= 11 is 0. The highest BCUT2D eigenvalue weighted by Gasteiger charge is 2.44. The number of nitrogens with one attached hydrogen (secondary N) is 3. The molecule has 4 amide bonds. The van der Waals surface area contributed by atoms with Crippen LogP contribution in [0.1, 0.15) is 87.8 Å². The summed E-state index contributed by atoms with van der Waals surface area (Å²) in [5.74, 6) is -2.52. The molecule has 0 radical (unpaired) electrons. The molecule has 300 valence electrons. The van der Waals surface area contributed by atoms with E-state index in [1.165, 1.54) is 12.1 Å². The third-order valence-corrected chi connectivity index (χ3v) is 10.9. The highest BCUT2D eigenvalue weighted by atomic mass is 31.2. The van der Waals surface area contributed by atoms with E-state index in [0.29, 0.717) is 57.1 Å². The van der Waals surface area contributed by atoms with Crippen LogP contribution < -0.4 is 20.5 Å². The van der Waals surface area contributed by atoms with Crippen molar-refractivity contribution in [1.29, 1.82) is 0 Å². The number of nitrogens with zero attached hydrogens (tertiary/aromatic N) is 1. The topological polar surface area (TPSA) is 191 Å². The van der Waals surface area contributed by atoms with Gasteiger partial charge in [-0.15, -0.1) is 0 Å². The van der Waals surface area contributed by atoms with Gasteiger partial charge in [0.1, 0.15) is 29.7 Å². The number of amides is 4. The lowest BCUT2D eigenvalue weighted by Crippen LogP contribution is -2.58. The summed E-state index contributed by atoms with van der Waals surface area (Å²) in [6.45, 7) is 2.26. The maximum Gasteiger partial charge on any atom is 0.524 e. The van der Waals surface area contributed by atoms with Crippen molar-refractivity contribution in [1.82, 2.24) is 20.9 Å². The lowest BCUT2D eigenvalue weighted by molar-refractivity contribution is -0.145. The summed E-state index contributed by atoms with van der Waals surface area (Å²) < 4.78 is 16.0. The van der Waals surface area contributed by atoms with E-state index in [0.717, 1.165) is 24.0 Å². The van der Waals surface area contributed by atoms with E-state index in [1.807, 2.05) is 67.6 Å². The number of phosphoric acid groups is 1. The van der Waals surface area contributed by atoms with Gasteiger partial charge in [-0.3, -0.25) is 33.8 Å². The molecule has 2 heterocycles. The standard InChI is InChI=1S/C42H53N4O9P/c1-2-11-36(40(49)43-28-31-14-7-4-8-15-31)44-41(50)38-25-21-33-16-9-10-17-37(42(51)46(33)38)45-39(48)32(27-34(47)22-18-29-12-5-3-6-13-29)26-30-19-23-35(24-20-30)55-56(52,53)54/h3-8,12-15,19-20,23-24,32-33,36-38H,2,9-11,16-18,21-22,25-28H2,1H3,(H,43,49)(H,44,50)(H,45,48)(H2,52,53,54)/t32-,33?,36+,37+,38+/m1/s1. The maximum absolute atomic E-state index is 14.4. The number of benzene rings is 3. The summed E-state index contributed by atoms with van der Waals surface area (Å²) in [6, 6.07) is 22.3. The summed E-state index contributed by atoms with van der Waals surface area (Å²) in [5.41, 5.74) is 2.56. The molecule has 0 aliphatic carbocycles. The molecule has 2 saturated heterocycles. The van der Waals surface area contributed by atoms with Gasteiger partial charge in [0.25, 0.3) is 0 Å². The normalized spacial score (nSPS) is 19.4. The first-order chi connectivity index (χ1) is 26.9. The molecule has 5 N–H and O–H groups in total. The van der Waals surface area contributed by atoms with Crippen molar-refractivity contribution in [3.63, 3.8) is 0 Å². The van der Waals surface area contributed by atoms with Crippen LogP contribution in [0.5, 0.6) is 5.75 Å². The summed E-state index contributed by atoms with van der Waals surface area (Å²) in [6.07, 6.45) is 5.53. The molecule has 2 aliphatic heterocycles. The number of phosphoric ester groups is 1. The summed E-state index contributed by atoms with van der Waals surface area (Å²) in [7, 11) is -4.77. The van der Waals surface area contributed by atoms with E-state index in [-0.39, 0.29) is 48.7 Å². The van der Waals surface area contributed by atoms with Gasteiger partial charge in [-0.2, -0.15) is 0 Å². The van der Waals surface area contributed by atoms with Crippen LogP contribution >= 0.6 is 7.82 Å². The zero-order chi connectivity index (χ0) is 40.1. The average molecular weight is 789 g/mol. The molecule has 0 bridgehead atoms. The number of aryl methyl sites for hydroxylation is 1. The minimum atomic E-state index is -4.77. The van der Waals surface area contributed by atoms with E-state index in [4.69, 9.17) is 0 Å². The number of carbonyl (C=O) groups is 5. The minimum Gasteiger partial charge on any atom is -0.404 e. The first kappa shape index (κ1) is 42.3. The van der Waals surface area contributed by atoms with Crippen LogP contribution in [0, 0.1) is 5.92 Å². The predicted molar refractivity (Wildman–Crippen MR) is 210 cm³/mol. The second-order valence-corrected chi connectivity index (χ2v) is 15.9. The highest BCUT2D eigenvalue weighted by Crippen LogP contribution is 2.37. The van der Waals surface area contributed by atoms with Crippen LogP contribution in [0.15, 0.2) is 84.9 Å². The van der Waals surface area contributed by atoms with Gasteiger partial charge in [-0.25, -0.2) is 4.57 Å². The molecular weight excluding hydrogens is 735 g/mol. The summed E-state index contributed by atoms with van der Waals surface area (Å²) in [4.78, 5) is 88.8. The number of ketones is 1. The van der Waals surface area contributed by atoms with Gasteiger partial charge in [0, 0.05) is 31.3 Å². The second-order valence-electron chi connectivity index (χ2n) is 14.7. The summed E-state index contributed by atoms with van der Waals surface area (Å²) in [5, 5.41) is 8.80. The zero-order valence-electron chi connectivity index (χ0n) is 31.8. The number of carbonyl (C=O) groups excluding carboxylic acids is 5. The highest BCUT2D eigenvalue weighted by molar-refractivity contribution is 7.46. The molecule has 3 aromatic rings. The molecule has 56 heavy (non-hydrogen) atoms. The van der Waals surface area contributed by atoms with Gasteiger partial charge in [-0.05, 0) is 73.8 Å². The third-order valence-electron chi connectivity index (χ3n) is 10.5. The smallest absolute Gasteiger partial charge is 0.404 e. The van der Waals surface area contributed by atoms with Gasteiger partial charge in [0.15, 0.2) is 0 Å². The number of rotatable bonds is 18. The molecule has 2 fully saturated rings. The Morgan fingerprint density at radius 2 is 1.50 bits per heavy atom. The van der Waals surface area contributed by atoms with Crippen LogP contribution in [0.3, 0.4) is 0 Å². The lowest BCUT2D eigenvalue weighted by atomic mass is 9.90. The second kappa shape index (κ2) is 20.4. The number of fused-ring (bicyclic) bond motifs is 1. The van der Waals surface area contributed by atoms with E-state index >= 15 is 0 Å². The van der Waals surface area contributed by atoms with Crippen molar-refractivity contribution < 1.29 is 42.8 Å². The largest absolute Gasteiger partial charge is 0.524 e. The van der Waals surface area contributed by atoms with Crippen molar-refractivity contribution in [3.05, 3.63) is 102 Å². The Morgan fingerprint density at radius 3 is 2.16 bits per heavy atom. The fourth-order valence-electron chi connectivity index (χ4n) is 7.62. The Kier molecular flexibility index (Phi) is 15.4. The van der Waals surface area contributed by atoms with E-state index < -0.39 is 43.7 Å². The maximum atomic E-state index is 14.4. The van der Waals surface area contributed by atoms with Gasteiger partial charge in [-0.1, -0.05) is 99.0 Å². The van der Waals surface area contributed by atoms with E-state index in [2.05, 4.69) is 20.5 Å². The monoisotopic (exact) mass is 788 g/mol. The molecule has 5 atom stereocenters. The number of hydrogen-bond acceptors (Lipinski definition) is 7. The van der Waals surface area contributed by atoms with Gasteiger partial charge in [0.05, 0.1) is 0 Å². The third kappa shape index (κ3) is 12.6. The fraction of sp³-hybridized carbons (Fsp3) is 0.452. The molecule has 0 saturated carbocycles. The fourth-order valence-corrected chi connectivity index (χ4v) is 8.01. The quantitative estimate of drug-likeness (QED) is 0.111. The molecular formula is C42H53N4O9P. The van der Waals surface area contributed by atoms with Gasteiger partial charge >= 0.3 is 7.82 Å². The van der Waals surface area contributed by atoms with Gasteiger partial charge in [0.2, 0.25) is 23.6 Å². The molecule has 1 unspecified atom stereocenters. The first-order valence-electron chi connectivity index (χ1n) is 19.5. The molecule has 0 aromatic heterocycles. The molecule has 2 aliphatic rings. The average Bonchev–Trinajstić information content (AvgIpc) is 3.60. The van der Waals surface area contributed by atoms with Crippen molar-refractivity contribution in [2.75, 3.05) is 0 Å². The molecule has 3 aromatic carbocycles. The molecule has 14 heteroatoms. The number of hydrogen-bond donors (Lipinski definition) is 5. The van der Waals surface area contributed by atoms with Crippen molar-refractivity contribution in [3.8, 4) is 5.75 Å². The zero-order valence-corrected chi connectivity index (χ0v) is 32.7. The predicted octanol–water partition coefficient (Wildman–Crippen LogP) is 4.93. The van der Waals surface area contributed by atoms with Crippen molar-refractivity contribution in [2.45, 2.75) is 115 Å². The Bertz CT molecular complexity index is 1840. The molecule has 13 nitrogen and oxygen atoms in total. The molecule has 5 rings (SSSR count). The minimum absolute atomic E-state index is 0.0465. The Hall–Kier alpha value is -4.84. The van der Waals surface area contributed by atoms with Crippen LogP contribution in [0.2, 0.25) is 0 Å². The Labute approximate surface area is 328 Å². The Balaban J connectivity index is 1.28. The lowest BCUT2D eigenvalue weighted by Gasteiger charge is -2.36.